The maximum atomic E-state index is 12.2. The quantitative estimate of drug-likeness (QED) is 0.850. The second kappa shape index (κ2) is 7.19. The highest BCUT2D eigenvalue weighted by Crippen LogP contribution is 2.12. The third-order valence-electron chi connectivity index (χ3n) is 3.54. The number of hydrogen-bond donors (Lipinski definition) is 1. The maximum absolute atomic E-state index is 12.2. The van der Waals surface area contributed by atoms with E-state index in [0.717, 1.165) is 38.5 Å². The van der Waals surface area contributed by atoms with Crippen molar-refractivity contribution in [3.8, 4) is 0 Å². The zero-order valence-electron chi connectivity index (χ0n) is 12.2. The number of amides is 1. The van der Waals surface area contributed by atoms with E-state index < -0.39 is 0 Å². The Bertz CT molecular complexity index is 417. The summed E-state index contributed by atoms with van der Waals surface area (Å²) in [5.74, 6) is 1.12. The summed E-state index contributed by atoms with van der Waals surface area (Å²) in [6.07, 6.45) is 5.71. The van der Waals surface area contributed by atoms with Crippen molar-refractivity contribution in [2.24, 2.45) is 0 Å². The predicted octanol–water partition coefficient (Wildman–Crippen LogP) is 0.513. The molecule has 110 valence electrons. The number of carbonyl (C=O) groups excluding carboxylic acids is 1. The van der Waals surface area contributed by atoms with Gasteiger partial charge in [0.1, 0.15) is 5.82 Å². The normalized spacial score (nSPS) is 17.1. The molecule has 1 aromatic heterocycles. The van der Waals surface area contributed by atoms with Crippen LogP contribution in [0.3, 0.4) is 0 Å². The highest BCUT2D eigenvalue weighted by molar-refractivity contribution is 5.77. The lowest BCUT2D eigenvalue weighted by atomic mass is 10.2. The van der Waals surface area contributed by atoms with Crippen LogP contribution in [0.15, 0.2) is 18.6 Å². The Morgan fingerprint density at radius 2 is 2.10 bits per heavy atom. The molecule has 1 saturated heterocycles. The first kappa shape index (κ1) is 14.7. The van der Waals surface area contributed by atoms with E-state index in [-0.39, 0.29) is 11.9 Å². The molecular weight excluding hydrogens is 254 g/mol. The number of aromatic nitrogens is 2. The highest BCUT2D eigenvalue weighted by Gasteiger charge is 2.22. The molecule has 0 aliphatic carbocycles. The lowest BCUT2D eigenvalue weighted by Crippen LogP contribution is -2.50. The second-order valence-electron chi connectivity index (χ2n) is 5.09. The first-order valence-corrected chi connectivity index (χ1v) is 7.22. The molecule has 1 N–H and O–H groups in total. The van der Waals surface area contributed by atoms with Crippen LogP contribution < -0.4 is 10.2 Å². The van der Waals surface area contributed by atoms with Gasteiger partial charge in [-0.15, -0.1) is 0 Å². The summed E-state index contributed by atoms with van der Waals surface area (Å²) in [5, 5.41) is 3.27. The number of hydrogen-bond acceptors (Lipinski definition) is 5. The third-order valence-corrected chi connectivity index (χ3v) is 3.54. The van der Waals surface area contributed by atoms with Crippen molar-refractivity contribution in [1.29, 1.82) is 0 Å². The first-order valence-electron chi connectivity index (χ1n) is 7.22. The molecule has 0 aromatic carbocycles. The topological polar surface area (TPSA) is 61.4 Å². The van der Waals surface area contributed by atoms with E-state index in [1.807, 2.05) is 4.90 Å². The van der Waals surface area contributed by atoms with Gasteiger partial charge in [0.2, 0.25) is 5.91 Å². The van der Waals surface area contributed by atoms with Crippen LogP contribution in [-0.2, 0) is 4.79 Å². The zero-order valence-corrected chi connectivity index (χ0v) is 12.2. The average molecular weight is 277 g/mol. The molecule has 2 rings (SSSR count). The van der Waals surface area contributed by atoms with E-state index in [1.54, 1.807) is 18.6 Å². The Morgan fingerprint density at radius 1 is 1.35 bits per heavy atom. The summed E-state index contributed by atoms with van der Waals surface area (Å²) in [5.41, 5.74) is 0. The summed E-state index contributed by atoms with van der Waals surface area (Å²) in [6.45, 7) is 8.16. The van der Waals surface area contributed by atoms with Crippen molar-refractivity contribution in [1.82, 2.24) is 20.2 Å². The smallest absolute Gasteiger partial charge is 0.224 e. The van der Waals surface area contributed by atoms with E-state index in [9.17, 15) is 4.79 Å². The summed E-state index contributed by atoms with van der Waals surface area (Å²) < 4.78 is 0. The highest BCUT2D eigenvalue weighted by atomic mass is 16.2. The fraction of sp³-hybridized carbons (Fsp3) is 0.643. The first-order chi connectivity index (χ1) is 9.70. The fourth-order valence-corrected chi connectivity index (χ4v) is 2.45. The van der Waals surface area contributed by atoms with Gasteiger partial charge < -0.3 is 15.1 Å². The Kier molecular flexibility index (Phi) is 5.29. The van der Waals surface area contributed by atoms with Crippen LogP contribution in [-0.4, -0.2) is 59.5 Å². The van der Waals surface area contributed by atoms with E-state index in [2.05, 4.69) is 34.0 Å². The molecule has 1 aromatic rings. The number of nitrogens with one attached hydrogen (secondary N) is 1. The molecule has 6 heteroatoms. The second-order valence-corrected chi connectivity index (χ2v) is 5.09. The van der Waals surface area contributed by atoms with Gasteiger partial charge in [-0.05, 0) is 13.5 Å². The summed E-state index contributed by atoms with van der Waals surface area (Å²) in [6, 6.07) is 0.241. The number of carbonyl (C=O) groups is 1. The summed E-state index contributed by atoms with van der Waals surface area (Å²) in [7, 11) is 0. The standard InChI is InChI=1S/C14H23N5O/c1-3-16-12(2)10-14(20)19-8-6-18(7-9-19)13-11-15-4-5-17-13/h4-5,11-12,16H,3,6-10H2,1-2H3. The minimum atomic E-state index is 0.234. The van der Waals surface area contributed by atoms with Gasteiger partial charge in [0.05, 0.1) is 6.20 Å². The van der Waals surface area contributed by atoms with Crippen LogP contribution >= 0.6 is 0 Å². The van der Waals surface area contributed by atoms with Gasteiger partial charge in [0.15, 0.2) is 0 Å². The van der Waals surface area contributed by atoms with Crippen molar-refractivity contribution < 1.29 is 4.79 Å². The van der Waals surface area contributed by atoms with E-state index in [1.165, 1.54) is 0 Å². The minimum Gasteiger partial charge on any atom is -0.352 e. The molecular formula is C14H23N5O. The SMILES string of the molecule is CCNC(C)CC(=O)N1CCN(c2cnccn2)CC1. The molecule has 1 aliphatic rings. The molecule has 1 atom stereocenters. The zero-order chi connectivity index (χ0) is 14.4. The molecule has 0 radical (unpaired) electrons. The van der Waals surface area contributed by atoms with Gasteiger partial charge in [-0.3, -0.25) is 9.78 Å². The number of anilines is 1. The van der Waals surface area contributed by atoms with Gasteiger partial charge in [0.25, 0.3) is 0 Å². The molecule has 1 aliphatic heterocycles. The molecule has 6 nitrogen and oxygen atoms in total. The van der Waals surface area contributed by atoms with Crippen molar-refractivity contribution in [2.45, 2.75) is 26.3 Å². The van der Waals surface area contributed by atoms with Crippen LogP contribution in [0.5, 0.6) is 0 Å². The summed E-state index contributed by atoms with van der Waals surface area (Å²) >= 11 is 0. The van der Waals surface area contributed by atoms with Crippen molar-refractivity contribution in [3.05, 3.63) is 18.6 Å². The average Bonchev–Trinajstić information content (AvgIpc) is 2.48. The molecule has 1 unspecified atom stereocenters. The third kappa shape index (κ3) is 3.90. The fourth-order valence-electron chi connectivity index (χ4n) is 2.45. The van der Waals surface area contributed by atoms with Gasteiger partial charge in [-0.2, -0.15) is 0 Å². The lowest BCUT2D eigenvalue weighted by Gasteiger charge is -2.35. The van der Waals surface area contributed by atoms with Crippen LogP contribution in [0.1, 0.15) is 20.3 Å². The Balaban J connectivity index is 1.80. The molecule has 20 heavy (non-hydrogen) atoms. The molecule has 0 saturated carbocycles. The van der Waals surface area contributed by atoms with Crippen molar-refractivity contribution in [3.63, 3.8) is 0 Å². The van der Waals surface area contributed by atoms with E-state index in [0.29, 0.717) is 6.42 Å². The monoisotopic (exact) mass is 277 g/mol. The Morgan fingerprint density at radius 3 is 2.70 bits per heavy atom. The van der Waals surface area contributed by atoms with E-state index in [4.69, 9.17) is 0 Å². The Hall–Kier alpha value is -1.69. The minimum absolute atomic E-state index is 0.234. The predicted molar refractivity (Wildman–Crippen MR) is 78.6 cm³/mol. The number of piperazine rings is 1. The van der Waals surface area contributed by atoms with Crippen LogP contribution in [0.4, 0.5) is 5.82 Å². The number of nitrogens with zero attached hydrogens (tertiary/aromatic N) is 4. The van der Waals surface area contributed by atoms with Crippen molar-refractivity contribution >= 4 is 11.7 Å². The number of rotatable bonds is 5. The molecule has 2 heterocycles. The molecule has 1 amide bonds. The lowest BCUT2D eigenvalue weighted by molar-refractivity contribution is -0.131. The van der Waals surface area contributed by atoms with Gasteiger partial charge >= 0.3 is 0 Å². The van der Waals surface area contributed by atoms with Gasteiger partial charge in [-0.1, -0.05) is 6.92 Å². The van der Waals surface area contributed by atoms with Crippen molar-refractivity contribution in [2.75, 3.05) is 37.6 Å². The van der Waals surface area contributed by atoms with Gasteiger partial charge in [0, 0.05) is 51.0 Å². The largest absolute Gasteiger partial charge is 0.352 e. The van der Waals surface area contributed by atoms with E-state index >= 15 is 0 Å². The van der Waals surface area contributed by atoms with Crippen LogP contribution in [0.2, 0.25) is 0 Å². The molecule has 0 bridgehead atoms. The molecule has 0 spiro atoms. The summed E-state index contributed by atoms with van der Waals surface area (Å²) in [4.78, 5) is 24.7. The molecule has 1 fully saturated rings. The Labute approximate surface area is 120 Å². The maximum Gasteiger partial charge on any atom is 0.224 e. The van der Waals surface area contributed by atoms with Crippen LogP contribution in [0, 0.1) is 0 Å². The van der Waals surface area contributed by atoms with Gasteiger partial charge in [-0.25, -0.2) is 4.98 Å². The van der Waals surface area contributed by atoms with Crippen LogP contribution in [0.25, 0.3) is 0 Å².